The predicted octanol–water partition coefficient (Wildman–Crippen LogP) is 2.29. The van der Waals surface area contributed by atoms with Crippen LogP contribution in [-0.2, 0) is 0 Å². The first kappa shape index (κ1) is 16.6. The summed E-state index contributed by atoms with van der Waals surface area (Å²) >= 11 is 0. The zero-order valence-corrected chi connectivity index (χ0v) is 13.4. The molecule has 0 aliphatic carbocycles. The van der Waals surface area contributed by atoms with Crippen LogP contribution in [0.3, 0.4) is 0 Å². The molecule has 1 heterocycles. The zero-order chi connectivity index (χ0) is 18.0. The largest absolute Gasteiger partial charge is 0.392 e. The highest BCUT2D eigenvalue weighted by Crippen LogP contribution is 2.32. The van der Waals surface area contributed by atoms with Crippen LogP contribution in [0, 0.1) is 10.1 Å². The van der Waals surface area contributed by atoms with E-state index in [1.807, 2.05) is 0 Å². The molecule has 25 heavy (non-hydrogen) atoms. The lowest BCUT2D eigenvalue weighted by Gasteiger charge is -2.10. The van der Waals surface area contributed by atoms with Crippen LogP contribution in [0.25, 0.3) is 22.0 Å². The highest BCUT2D eigenvalue weighted by Gasteiger charge is 2.17. The molecule has 8 nitrogen and oxygen atoms in total. The first-order valence-electron chi connectivity index (χ1n) is 7.65. The molecule has 0 radical (unpaired) electrons. The summed E-state index contributed by atoms with van der Waals surface area (Å²) in [6.45, 7) is 1.78. The summed E-state index contributed by atoms with van der Waals surface area (Å²) in [6, 6.07) is 11.6. The lowest BCUT2D eigenvalue weighted by Crippen LogP contribution is -2.16. The minimum Gasteiger partial charge on any atom is -0.392 e. The van der Waals surface area contributed by atoms with Crippen LogP contribution < -0.4 is 10.9 Å². The van der Waals surface area contributed by atoms with E-state index < -0.39 is 11.0 Å². The van der Waals surface area contributed by atoms with Crippen LogP contribution in [0.4, 0.5) is 11.4 Å². The average Bonchev–Trinajstić information content (AvgIpc) is 2.60. The quantitative estimate of drug-likeness (QED) is 0.484. The van der Waals surface area contributed by atoms with Gasteiger partial charge in [0.05, 0.1) is 22.1 Å². The van der Waals surface area contributed by atoms with Gasteiger partial charge in [0.1, 0.15) is 5.69 Å². The van der Waals surface area contributed by atoms with E-state index in [0.717, 1.165) is 0 Å². The fourth-order valence-electron chi connectivity index (χ4n) is 2.57. The van der Waals surface area contributed by atoms with E-state index in [0.29, 0.717) is 27.7 Å². The topological polar surface area (TPSA) is 121 Å². The van der Waals surface area contributed by atoms with Gasteiger partial charge in [-0.15, -0.1) is 0 Å². The average molecular weight is 340 g/mol. The summed E-state index contributed by atoms with van der Waals surface area (Å²) in [5.74, 6) is 0. The fraction of sp³-hybridized carbons (Fsp3) is 0.176. The van der Waals surface area contributed by atoms with Crippen LogP contribution >= 0.6 is 0 Å². The van der Waals surface area contributed by atoms with Crippen molar-refractivity contribution in [2.75, 3.05) is 11.9 Å². The SMILES string of the molecule is C[C@H](O)CNc1ccc(-c2n[nH]c(=O)c3ccccc23)cc1[N+](=O)[O-]. The van der Waals surface area contributed by atoms with E-state index in [2.05, 4.69) is 15.5 Å². The molecule has 2 aromatic carbocycles. The Hall–Kier alpha value is -3.26. The third-order valence-corrected chi connectivity index (χ3v) is 3.75. The molecule has 0 saturated heterocycles. The number of aromatic nitrogens is 2. The number of anilines is 1. The Morgan fingerprint density at radius 1 is 1.28 bits per heavy atom. The van der Waals surface area contributed by atoms with Gasteiger partial charge >= 0.3 is 0 Å². The molecule has 1 aromatic heterocycles. The number of H-pyrrole nitrogens is 1. The number of aliphatic hydroxyl groups excluding tert-OH is 1. The van der Waals surface area contributed by atoms with Crippen molar-refractivity contribution in [3.63, 3.8) is 0 Å². The highest BCUT2D eigenvalue weighted by molar-refractivity contribution is 5.94. The summed E-state index contributed by atoms with van der Waals surface area (Å²) in [5, 5.41) is 31.1. The van der Waals surface area contributed by atoms with Crippen LogP contribution in [0.2, 0.25) is 0 Å². The van der Waals surface area contributed by atoms with Gasteiger partial charge in [-0.2, -0.15) is 5.10 Å². The van der Waals surface area contributed by atoms with Crippen molar-refractivity contribution in [2.24, 2.45) is 0 Å². The molecule has 8 heteroatoms. The molecule has 0 amide bonds. The molecule has 3 rings (SSSR count). The Kier molecular flexibility index (Phi) is 4.44. The lowest BCUT2D eigenvalue weighted by molar-refractivity contribution is -0.383. The number of aromatic amines is 1. The van der Waals surface area contributed by atoms with E-state index in [-0.39, 0.29) is 17.8 Å². The Morgan fingerprint density at radius 2 is 2.00 bits per heavy atom. The van der Waals surface area contributed by atoms with Crippen molar-refractivity contribution in [3.8, 4) is 11.3 Å². The van der Waals surface area contributed by atoms with Crippen molar-refractivity contribution >= 4 is 22.1 Å². The maximum absolute atomic E-state index is 11.9. The summed E-state index contributed by atoms with van der Waals surface area (Å²) in [6.07, 6.45) is -0.635. The molecule has 0 bridgehead atoms. The Balaban J connectivity index is 2.13. The lowest BCUT2D eigenvalue weighted by atomic mass is 10.0. The molecule has 3 aromatic rings. The standard InChI is InChI=1S/C17H16N4O4/c1-10(22)9-18-14-7-6-11(8-15(14)21(24)25)16-12-4-2-3-5-13(12)17(23)20-19-16/h2-8,10,18,22H,9H2,1H3,(H,20,23)/t10-/m0/s1. The second-order valence-corrected chi connectivity index (χ2v) is 5.67. The third-order valence-electron chi connectivity index (χ3n) is 3.75. The van der Waals surface area contributed by atoms with Gasteiger partial charge in [0.2, 0.25) is 0 Å². The molecule has 0 saturated carbocycles. The summed E-state index contributed by atoms with van der Waals surface area (Å²) in [4.78, 5) is 22.8. The molecule has 0 aliphatic rings. The van der Waals surface area contributed by atoms with Gasteiger partial charge in [0.25, 0.3) is 11.2 Å². The Bertz CT molecular complexity index is 997. The van der Waals surface area contributed by atoms with Crippen molar-refractivity contribution in [1.82, 2.24) is 10.2 Å². The van der Waals surface area contributed by atoms with Gasteiger partial charge in [0.15, 0.2) is 0 Å². The summed E-state index contributed by atoms with van der Waals surface area (Å²) in [7, 11) is 0. The minimum absolute atomic E-state index is 0.129. The number of nitro benzene ring substituents is 1. The van der Waals surface area contributed by atoms with Gasteiger partial charge in [-0.3, -0.25) is 14.9 Å². The van der Waals surface area contributed by atoms with E-state index in [9.17, 15) is 20.0 Å². The van der Waals surface area contributed by atoms with Crippen molar-refractivity contribution in [1.29, 1.82) is 0 Å². The predicted molar refractivity (Wildman–Crippen MR) is 94.6 cm³/mol. The maximum atomic E-state index is 11.9. The smallest absolute Gasteiger partial charge is 0.292 e. The highest BCUT2D eigenvalue weighted by atomic mass is 16.6. The molecular formula is C17H16N4O4. The normalized spacial score (nSPS) is 12.1. The second-order valence-electron chi connectivity index (χ2n) is 5.67. The molecule has 0 spiro atoms. The first-order valence-corrected chi connectivity index (χ1v) is 7.65. The third kappa shape index (κ3) is 3.33. The number of rotatable bonds is 5. The summed E-state index contributed by atoms with van der Waals surface area (Å²) < 4.78 is 0. The molecule has 0 aliphatic heterocycles. The van der Waals surface area contributed by atoms with Gasteiger partial charge < -0.3 is 10.4 Å². The van der Waals surface area contributed by atoms with E-state index in [1.165, 1.54) is 6.07 Å². The van der Waals surface area contributed by atoms with Crippen LogP contribution in [0.5, 0.6) is 0 Å². The number of hydrogen-bond donors (Lipinski definition) is 3. The molecule has 0 fully saturated rings. The number of fused-ring (bicyclic) bond motifs is 1. The number of hydrogen-bond acceptors (Lipinski definition) is 6. The number of nitrogens with one attached hydrogen (secondary N) is 2. The number of aliphatic hydroxyl groups is 1. The number of nitrogens with zero attached hydrogens (tertiary/aromatic N) is 2. The van der Waals surface area contributed by atoms with E-state index >= 15 is 0 Å². The molecule has 128 valence electrons. The van der Waals surface area contributed by atoms with Crippen molar-refractivity contribution in [3.05, 3.63) is 62.9 Å². The van der Waals surface area contributed by atoms with Gasteiger partial charge in [0, 0.05) is 23.6 Å². The van der Waals surface area contributed by atoms with Gasteiger partial charge in [-0.05, 0) is 19.1 Å². The molecule has 1 atom stereocenters. The number of benzene rings is 2. The van der Waals surface area contributed by atoms with Crippen LogP contribution in [0.15, 0.2) is 47.3 Å². The minimum atomic E-state index is -0.635. The van der Waals surface area contributed by atoms with Crippen molar-refractivity contribution in [2.45, 2.75) is 13.0 Å². The van der Waals surface area contributed by atoms with Crippen LogP contribution in [-0.4, -0.2) is 32.9 Å². The van der Waals surface area contributed by atoms with E-state index in [1.54, 1.807) is 43.3 Å². The van der Waals surface area contributed by atoms with E-state index in [4.69, 9.17) is 0 Å². The van der Waals surface area contributed by atoms with Gasteiger partial charge in [-0.25, -0.2) is 5.10 Å². The van der Waals surface area contributed by atoms with Crippen LogP contribution in [0.1, 0.15) is 6.92 Å². The molecule has 3 N–H and O–H groups in total. The Labute approximate surface area is 142 Å². The van der Waals surface area contributed by atoms with Gasteiger partial charge in [-0.1, -0.05) is 24.3 Å². The number of nitro groups is 1. The summed E-state index contributed by atoms with van der Waals surface area (Å²) in [5.41, 5.74) is 0.838. The van der Waals surface area contributed by atoms with Crippen molar-refractivity contribution < 1.29 is 10.0 Å². The molecular weight excluding hydrogens is 324 g/mol. The monoisotopic (exact) mass is 340 g/mol. The first-order chi connectivity index (χ1) is 12.0. The second kappa shape index (κ2) is 6.70. The Morgan fingerprint density at radius 3 is 2.68 bits per heavy atom. The maximum Gasteiger partial charge on any atom is 0.292 e. The fourth-order valence-corrected chi connectivity index (χ4v) is 2.57. The zero-order valence-electron chi connectivity index (χ0n) is 13.4. The molecule has 0 unspecified atom stereocenters.